The summed E-state index contributed by atoms with van der Waals surface area (Å²) < 4.78 is 10.6. The SMILES string of the molecule is CCc1occc1C(Br)c1ccc(OC)c(Cl)c1. The number of hydrogen-bond donors (Lipinski definition) is 0. The molecule has 2 nitrogen and oxygen atoms in total. The van der Waals surface area contributed by atoms with Gasteiger partial charge in [-0.2, -0.15) is 0 Å². The maximum absolute atomic E-state index is 6.14. The fourth-order valence-electron chi connectivity index (χ4n) is 1.88. The van der Waals surface area contributed by atoms with Crippen molar-refractivity contribution < 1.29 is 9.15 Å². The molecule has 0 fully saturated rings. The number of alkyl halides is 1. The van der Waals surface area contributed by atoms with E-state index >= 15 is 0 Å². The summed E-state index contributed by atoms with van der Waals surface area (Å²) >= 11 is 9.83. The van der Waals surface area contributed by atoms with Crippen molar-refractivity contribution in [1.29, 1.82) is 0 Å². The van der Waals surface area contributed by atoms with Gasteiger partial charge in [-0.15, -0.1) is 0 Å². The van der Waals surface area contributed by atoms with E-state index in [4.69, 9.17) is 20.8 Å². The summed E-state index contributed by atoms with van der Waals surface area (Å²) in [6.45, 7) is 2.07. The molecule has 1 heterocycles. The minimum absolute atomic E-state index is 0.0783. The van der Waals surface area contributed by atoms with E-state index in [0.29, 0.717) is 10.8 Å². The average Bonchev–Trinajstić information content (AvgIpc) is 2.86. The number of hydrogen-bond acceptors (Lipinski definition) is 2. The lowest BCUT2D eigenvalue weighted by atomic mass is 10.0. The van der Waals surface area contributed by atoms with Crippen LogP contribution in [0.1, 0.15) is 28.6 Å². The zero-order chi connectivity index (χ0) is 13.1. The van der Waals surface area contributed by atoms with Crippen molar-refractivity contribution in [3.63, 3.8) is 0 Å². The van der Waals surface area contributed by atoms with Crippen LogP contribution in [0, 0.1) is 0 Å². The zero-order valence-corrected chi connectivity index (χ0v) is 12.6. The smallest absolute Gasteiger partial charge is 0.137 e. The highest BCUT2D eigenvalue weighted by atomic mass is 79.9. The third kappa shape index (κ3) is 2.57. The number of furan rings is 1. The summed E-state index contributed by atoms with van der Waals surface area (Å²) in [6.07, 6.45) is 2.59. The van der Waals surface area contributed by atoms with Crippen molar-refractivity contribution in [2.45, 2.75) is 18.2 Å². The molecule has 0 saturated heterocycles. The Balaban J connectivity index is 2.34. The summed E-state index contributed by atoms with van der Waals surface area (Å²) in [7, 11) is 1.61. The van der Waals surface area contributed by atoms with Crippen LogP contribution < -0.4 is 4.74 Å². The van der Waals surface area contributed by atoms with Crippen LogP contribution >= 0.6 is 27.5 Å². The van der Waals surface area contributed by atoms with Crippen LogP contribution in [0.4, 0.5) is 0 Å². The first-order valence-electron chi connectivity index (χ1n) is 5.71. The molecule has 4 heteroatoms. The lowest BCUT2D eigenvalue weighted by molar-refractivity contribution is 0.415. The summed E-state index contributed by atoms with van der Waals surface area (Å²) in [5, 5.41) is 0.612. The van der Waals surface area contributed by atoms with Gasteiger partial charge in [0.1, 0.15) is 11.5 Å². The van der Waals surface area contributed by atoms with E-state index < -0.39 is 0 Å². The Bertz CT molecular complexity index is 536. The van der Waals surface area contributed by atoms with Gasteiger partial charge in [0.05, 0.1) is 23.2 Å². The molecule has 2 rings (SSSR count). The lowest BCUT2D eigenvalue weighted by Gasteiger charge is -2.12. The largest absolute Gasteiger partial charge is 0.495 e. The quantitative estimate of drug-likeness (QED) is 0.737. The number of halogens is 2. The van der Waals surface area contributed by atoms with Crippen molar-refractivity contribution in [2.24, 2.45) is 0 Å². The summed E-state index contributed by atoms with van der Waals surface area (Å²) in [5.41, 5.74) is 2.22. The predicted octanol–water partition coefficient (Wildman–Crippen LogP) is 4.99. The van der Waals surface area contributed by atoms with Crippen molar-refractivity contribution in [2.75, 3.05) is 7.11 Å². The van der Waals surface area contributed by atoms with Gasteiger partial charge in [-0.25, -0.2) is 0 Å². The summed E-state index contributed by atoms with van der Waals surface area (Å²) in [6, 6.07) is 7.76. The highest BCUT2D eigenvalue weighted by Crippen LogP contribution is 2.37. The summed E-state index contributed by atoms with van der Waals surface area (Å²) in [5.74, 6) is 1.67. The molecule has 2 aromatic rings. The molecule has 1 aromatic heterocycles. The number of methoxy groups -OCH3 is 1. The molecule has 1 unspecified atom stereocenters. The Kier molecular flexibility index (Phi) is 4.36. The highest BCUT2D eigenvalue weighted by Gasteiger charge is 2.17. The maximum Gasteiger partial charge on any atom is 0.137 e. The number of ether oxygens (including phenoxy) is 1. The molecule has 0 saturated carbocycles. The van der Waals surface area contributed by atoms with Gasteiger partial charge in [-0.3, -0.25) is 0 Å². The van der Waals surface area contributed by atoms with Crippen molar-refractivity contribution >= 4 is 27.5 Å². The van der Waals surface area contributed by atoms with Gasteiger partial charge in [0, 0.05) is 12.0 Å². The van der Waals surface area contributed by atoms with Crippen LogP contribution in [0.2, 0.25) is 5.02 Å². The van der Waals surface area contributed by atoms with Crippen LogP contribution in [-0.4, -0.2) is 7.11 Å². The van der Waals surface area contributed by atoms with Crippen molar-refractivity contribution in [1.82, 2.24) is 0 Å². The molecule has 0 aliphatic carbocycles. The van der Waals surface area contributed by atoms with Gasteiger partial charge in [-0.05, 0) is 23.8 Å². The van der Waals surface area contributed by atoms with E-state index in [1.165, 1.54) is 0 Å². The van der Waals surface area contributed by atoms with E-state index in [1.54, 1.807) is 13.4 Å². The number of rotatable bonds is 4. The number of aryl methyl sites for hydroxylation is 1. The minimum Gasteiger partial charge on any atom is -0.495 e. The Morgan fingerprint density at radius 2 is 2.17 bits per heavy atom. The Morgan fingerprint density at radius 3 is 2.78 bits per heavy atom. The molecule has 0 spiro atoms. The molecule has 0 amide bonds. The molecule has 1 aromatic carbocycles. The minimum atomic E-state index is 0.0783. The van der Waals surface area contributed by atoms with E-state index in [9.17, 15) is 0 Å². The summed E-state index contributed by atoms with van der Waals surface area (Å²) in [4.78, 5) is 0.0783. The van der Waals surface area contributed by atoms with E-state index in [1.807, 2.05) is 24.3 Å². The first-order chi connectivity index (χ1) is 8.67. The van der Waals surface area contributed by atoms with Gasteiger partial charge < -0.3 is 9.15 Å². The fraction of sp³-hybridized carbons (Fsp3) is 0.286. The first-order valence-corrected chi connectivity index (χ1v) is 7.00. The van der Waals surface area contributed by atoms with Gasteiger partial charge in [0.15, 0.2) is 0 Å². The molecule has 0 aliphatic heterocycles. The van der Waals surface area contributed by atoms with Crippen LogP contribution in [0.15, 0.2) is 34.9 Å². The molecular weight excluding hydrogens is 316 g/mol. The van der Waals surface area contributed by atoms with Gasteiger partial charge in [0.25, 0.3) is 0 Å². The number of benzene rings is 1. The second-order valence-corrected chi connectivity index (χ2v) is 5.23. The predicted molar refractivity (Wildman–Crippen MR) is 76.9 cm³/mol. The first kappa shape index (κ1) is 13.5. The van der Waals surface area contributed by atoms with Gasteiger partial charge >= 0.3 is 0 Å². The zero-order valence-electron chi connectivity index (χ0n) is 10.2. The highest BCUT2D eigenvalue weighted by molar-refractivity contribution is 9.09. The van der Waals surface area contributed by atoms with E-state index in [2.05, 4.69) is 22.9 Å². The molecule has 18 heavy (non-hydrogen) atoms. The molecule has 0 N–H and O–H groups in total. The standard InChI is InChI=1S/C14H14BrClO2/c1-3-12-10(6-7-18-12)14(15)9-4-5-13(17-2)11(16)8-9/h4-8,14H,3H2,1-2H3. The Morgan fingerprint density at radius 1 is 1.39 bits per heavy atom. The fourth-order valence-corrected chi connectivity index (χ4v) is 2.84. The lowest BCUT2D eigenvalue weighted by Crippen LogP contribution is -1.95. The van der Waals surface area contributed by atoms with Gasteiger partial charge in [-0.1, -0.05) is 40.5 Å². The maximum atomic E-state index is 6.14. The molecule has 96 valence electrons. The molecule has 0 radical (unpaired) electrons. The molecular formula is C14H14BrClO2. The third-order valence-electron chi connectivity index (χ3n) is 2.84. The molecule has 0 aliphatic rings. The van der Waals surface area contributed by atoms with Crippen LogP contribution in [0.3, 0.4) is 0 Å². The monoisotopic (exact) mass is 328 g/mol. The van der Waals surface area contributed by atoms with Crippen molar-refractivity contribution in [3.05, 3.63) is 52.4 Å². The van der Waals surface area contributed by atoms with Crippen LogP contribution in [0.25, 0.3) is 0 Å². The molecule has 1 atom stereocenters. The average molecular weight is 330 g/mol. The topological polar surface area (TPSA) is 22.4 Å². The van der Waals surface area contributed by atoms with Crippen molar-refractivity contribution in [3.8, 4) is 5.75 Å². The Hall–Kier alpha value is -0.930. The van der Waals surface area contributed by atoms with E-state index in [0.717, 1.165) is 23.3 Å². The second-order valence-electron chi connectivity index (χ2n) is 3.91. The van der Waals surface area contributed by atoms with E-state index in [-0.39, 0.29) is 4.83 Å². The second kappa shape index (κ2) is 5.81. The normalized spacial score (nSPS) is 12.4. The van der Waals surface area contributed by atoms with Gasteiger partial charge in [0.2, 0.25) is 0 Å². The Labute approximate surface area is 120 Å². The van der Waals surface area contributed by atoms with Crippen LogP contribution in [-0.2, 0) is 6.42 Å². The third-order valence-corrected chi connectivity index (χ3v) is 4.16. The van der Waals surface area contributed by atoms with Crippen LogP contribution in [0.5, 0.6) is 5.75 Å². The molecule has 0 bridgehead atoms.